The van der Waals surface area contributed by atoms with Crippen LogP contribution in [0, 0.1) is 5.92 Å². The van der Waals surface area contributed by atoms with Gasteiger partial charge in [-0.1, -0.05) is 32.6 Å². The molecule has 4 nitrogen and oxygen atoms in total. The fourth-order valence-corrected chi connectivity index (χ4v) is 2.49. The van der Waals surface area contributed by atoms with Gasteiger partial charge in [-0.25, -0.2) is 4.98 Å². The molecule has 0 aromatic carbocycles. The minimum absolute atomic E-state index is 0.864. The van der Waals surface area contributed by atoms with Crippen LogP contribution in [-0.2, 0) is 0 Å². The van der Waals surface area contributed by atoms with Crippen LogP contribution in [0.25, 0.3) is 0 Å². The first-order valence-corrected chi connectivity index (χ1v) is 7.18. The minimum atomic E-state index is 0.864. The summed E-state index contributed by atoms with van der Waals surface area (Å²) in [6, 6.07) is 0. The summed E-state index contributed by atoms with van der Waals surface area (Å²) in [5, 5.41) is 6.63. The van der Waals surface area contributed by atoms with Gasteiger partial charge >= 0.3 is 0 Å². The highest BCUT2D eigenvalue weighted by molar-refractivity contribution is 5.41. The minimum Gasteiger partial charge on any atom is -0.369 e. The van der Waals surface area contributed by atoms with Gasteiger partial charge < -0.3 is 10.6 Å². The normalized spacial score (nSPS) is 15.8. The van der Waals surface area contributed by atoms with Crippen molar-refractivity contribution in [1.29, 1.82) is 0 Å². The highest BCUT2D eigenvalue weighted by Crippen LogP contribution is 2.27. The third-order valence-electron chi connectivity index (χ3n) is 3.52. The summed E-state index contributed by atoms with van der Waals surface area (Å²) in [6.45, 7) is 4.10. The number of hydrogen-bond donors (Lipinski definition) is 2. The molecule has 0 radical (unpaired) electrons. The second-order valence-electron chi connectivity index (χ2n) is 5.08. The second-order valence-corrected chi connectivity index (χ2v) is 5.08. The number of nitrogens with zero attached hydrogens (tertiary/aromatic N) is 2. The molecular weight excluding hydrogens is 224 g/mol. The number of aromatic nitrogens is 2. The van der Waals surface area contributed by atoms with Gasteiger partial charge in [0.2, 0.25) is 0 Å². The van der Waals surface area contributed by atoms with E-state index in [-0.39, 0.29) is 0 Å². The molecule has 0 aliphatic heterocycles. The van der Waals surface area contributed by atoms with Crippen LogP contribution in [0.2, 0.25) is 0 Å². The molecule has 100 valence electrons. The first-order valence-electron chi connectivity index (χ1n) is 7.18. The van der Waals surface area contributed by atoms with E-state index in [1.165, 1.54) is 32.1 Å². The SMILES string of the molecule is CCCNc1cncc(NCCC2CCCC2)n1. The van der Waals surface area contributed by atoms with Crippen molar-refractivity contribution in [2.45, 2.75) is 45.4 Å². The molecule has 2 N–H and O–H groups in total. The predicted molar refractivity (Wildman–Crippen MR) is 75.9 cm³/mol. The first kappa shape index (κ1) is 13.1. The van der Waals surface area contributed by atoms with E-state index in [1.807, 2.05) is 0 Å². The highest BCUT2D eigenvalue weighted by atomic mass is 15.1. The Hall–Kier alpha value is -1.32. The molecule has 1 fully saturated rings. The Kier molecular flexibility index (Phi) is 5.24. The lowest BCUT2D eigenvalue weighted by Crippen LogP contribution is -2.09. The van der Waals surface area contributed by atoms with Crippen LogP contribution in [0.3, 0.4) is 0 Å². The topological polar surface area (TPSA) is 49.8 Å². The lowest BCUT2D eigenvalue weighted by Gasteiger charge is -2.11. The summed E-state index contributed by atoms with van der Waals surface area (Å²) in [7, 11) is 0. The molecule has 0 atom stereocenters. The average Bonchev–Trinajstić information content (AvgIpc) is 2.90. The Labute approximate surface area is 110 Å². The van der Waals surface area contributed by atoms with Crippen LogP contribution < -0.4 is 10.6 Å². The van der Waals surface area contributed by atoms with Gasteiger partial charge in [-0.3, -0.25) is 4.98 Å². The van der Waals surface area contributed by atoms with Gasteiger partial charge in [-0.05, 0) is 18.8 Å². The van der Waals surface area contributed by atoms with E-state index in [0.29, 0.717) is 0 Å². The van der Waals surface area contributed by atoms with Crippen molar-refractivity contribution in [3.05, 3.63) is 12.4 Å². The molecule has 1 aliphatic rings. The molecule has 1 saturated carbocycles. The molecule has 0 bridgehead atoms. The highest BCUT2D eigenvalue weighted by Gasteiger charge is 2.14. The Morgan fingerprint density at radius 3 is 2.44 bits per heavy atom. The molecule has 0 unspecified atom stereocenters. The van der Waals surface area contributed by atoms with E-state index in [2.05, 4.69) is 27.5 Å². The van der Waals surface area contributed by atoms with Crippen LogP contribution >= 0.6 is 0 Å². The fraction of sp³-hybridized carbons (Fsp3) is 0.714. The summed E-state index contributed by atoms with van der Waals surface area (Å²) in [5.74, 6) is 2.67. The maximum atomic E-state index is 4.49. The average molecular weight is 248 g/mol. The van der Waals surface area contributed by atoms with Gasteiger partial charge in [0, 0.05) is 13.1 Å². The zero-order valence-electron chi connectivity index (χ0n) is 11.3. The van der Waals surface area contributed by atoms with E-state index in [0.717, 1.165) is 37.1 Å². The second kappa shape index (κ2) is 7.19. The quantitative estimate of drug-likeness (QED) is 0.777. The van der Waals surface area contributed by atoms with Crippen molar-refractivity contribution < 1.29 is 0 Å². The predicted octanol–water partition coefficient (Wildman–Crippen LogP) is 3.29. The van der Waals surface area contributed by atoms with E-state index in [1.54, 1.807) is 12.4 Å². The Balaban J connectivity index is 1.74. The van der Waals surface area contributed by atoms with Gasteiger partial charge in [-0.15, -0.1) is 0 Å². The van der Waals surface area contributed by atoms with Gasteiger partial charge in [0.15, 0.2) is 0 Å². The van der Waals surface area contributed by atoms with Crippen molar-refractivity contribution in [3.8, 4) is 0 Å². The summed E-state index contributed by atoms with van der Waals surface area (Å²) >= 11 is 0. The number of nitrogens with one attached hydrogen (secondary N) is 2. The zero-order chi connectivity index (χ0) is 12.6. The van der Waals surface area contributed by atoms with E-state index in [9.17, 15) is 0 Å². The summed E-state index contributed by atoms with van der Waals surface area (Å²) in [5.41, 5.74) is 0. The monoisotopic (exact) mass is 248 g/mol. The lowest BCUT2D eigenvalue weighted by molar-refractivity contribution is 0.518. The molecule has 0 amide bonds. The number of hydrogen-bond acceptors (Lipinski definition) is 4. The number of rotatable bonds is 7. The largest absolute Gasteiger partial charge is 0.369 e. The van der Waals surface area contributed by atoms with Gasteiger partial charge in [0.05, 0.1) is 12.4 Å². The Morgan fingerprint density at radius 1 is 1.11 bits per heavy atom. The van der Waals surface area contributed by atoms with E-state index < -0.39 is 0 Å². The lowest BCUT2D eigenvalue weighted by atomic mass is 10.0. The van der Waals surface area contributed by atoms with Gasteiger partial charge in [-0.2, -0.15) is 0 Å². The van der Waals surface area contributed by atoms with Crippen molar-refractivity contribution in [3.63, 3.8) is 0 Å². The smallest absolute Gasteiger partial charge is 0.146 e. The molecule has 0 saturated heterocycles. The molecule has 18 heavy (non-hydrogen) atoms. The van der Waals surface area contributed by atoms with E-state index >= 15 is 0 Å². The fourth-order valence-electron chi connectivity index (χ4n) is 2.49. The summed E-state index contributed by atoms with van der Waals surface area (Å²) in [4.78, 5) is 8.69. The van der Waals surface area contributed by atoms with Gasteiger partial charge in [0.1, 0.15) is 11.6 Å². The molecule has 2 rings (SSSR count). The zero-order valence-corrected chi connectivity index (χ0v) is 11.3. The molecule has 0 spiro atoms. The maximum Gasteiger partial charge on any atom is 0.146 e. The molecule has 1 aromatic rings. The van der Waals surface area contributed by atoms with Crippen LogP contribution in [-0.4, -0.2) is 23.1 Å². The van der Waals surface area contributed by atoms with Gasteiger partial charge in [0.25, 0.3) is 0 Å². The number of anilines is 2. The van der Waals surface area contributed by atoms with Crippen LogP contribution in [0.1, 0.15) is 45.4 Å². The standard InChI is InChI=1S/C14H24N4/c1-2-8-16-13-10-15-11-14(18-13)17-9-7-12-5-3-4-6-12/h10-12H,2-9H2,1H3,(H2,16,17,18). The molecule has 1 heterocycles. The molecular formula is C14H24N4. The summed E-state index contributed by atoms with van der Waals surface area (Å²) < 4.78 is 0. The third kappa shape index (κ3) is 4.17. The van der Waals surface area contributed by atoms with Crippen molar-refractivity contribution >= 4 is 11.6 Å². The molecule has 4 heteroatoms. The summed E-state index contributed by atoms with van der Waals surface area (Å²) in [6.07, 6.45) is 11.6. The van der Waals surface area contributed by atoms with Crippen molar-refractivity contribution in [1.82, 2.24) is 9.97 Å². The van der Waals surface area contributed by atoms with Crippen molar-refractivity contribution in [2.75, 3.05) is 23.7 Å². The van der Waals surface area contributed by atoms with Crippen LogP contribution in [0.4, 0.5) is 11.6 Å². The third-order valence-corrected chi connectivity index (χ3v) is 3.52. The van der Waals surface area contributed by atoms with Crippen LogP contribution in [0.15, 0.2) is 12.4 Å². The Bertz CT molecular complexity index is 347. The molecule has 1 aromatic heterocycles. The van der Waals surface area contributed by atoms with Crippen molar-refractivity contribution in [2.24, 2.45) is 5.92 Å². The first-order chi connectivity index (χ1) is 8.88. The maximum absolute atomic E-state index is 4.49. The Morgan fingerprint density at radius 2 is 1.78 bits per heavy atom. The van der Waals surface area contributed by atoms with Crippen LogP contribution in [0.5, 0.6) is 0 Å². The van der Waals surface area contributed by atoms with E-state index in [4.69, 9.17) is 0 Å². The molecule has 1 aliphatic carbocycles.